The lowest BCUT2D eigenvalue weighted by Gasteiger charge is -2.27. The monoisotopic (exact) mass is 271 g/mol. The first-order valence-electron chi connectivity index (χ1n) is 7.44. The minimum absolute atomic E-state index is 0.519. The molecule has 1 aromatic heterocycles. The van der Waals surface area contributed by atoms with Gasteiger partial charge >= 0.3 is 0 Å². The summed E-state index contributed by atoms with van der Waals surface area (Å²) in [5.41, 5.74) is 2.50. The lowest BCUT2D eigenvalue weighted by Crippen LogP contribution is -2.40. The number of aromatic nitrogens is 2. The Kier molecular flexibility index (Phi) is 3.58. The maximum atomic E-state index is 9.48. The first-order chi connectivity index (χ1) is 9.70. The van der Waals surface area contributed by atoms with E-state index in [1.165, 1.54) is 25.7 Å². The van der Waals surface area contributed by atoms with E-state index >= 15 is 0 Å². The summed E-state index contributed by atoms with van der Waals surface area (Å²) in [5, 5.41) is 21.6. The fourth-order valence-corrected chi connectivity index (χ4v) is 2.88. The Balaban J connectivity index is 1.91. The molecule has 0 aromatic carbocycles. The van der Waals surface area contributed by atoms with Gasteiger partial charge in [0, 0.05) is 18.6 Å². The summed E-state index contributed by atoms with van der Waals surface area (Å²) in [6, 6.07) is 3.39. The van der Waals surface area contributed by atoms with Crippen LogP contribution >= 0.6 is 0 Å². The van der Waals surface area contributed by atoms with Crippen LogP contribution in [0.25, 0.3) is 0 Å². The van der Waals surface area contributed by atoms with Gasteiger partial charge in [-0.05, 0) is 51.6 Å². The number of hydrogen-bond acceptors (Lipinski definition) is 5. The van der Waals surface area contributed by atoms with E-state index in [1.54, 1.807) is 0 Å². The topological polar surface area (TPSA) is 64.8 Å². The largest absolute Gasteiger partial charge is 0.349 e. The lowest BCUT2D eigenvalue weighted by atomic mass is 10.1. The SMILES string of the molecule is Cc1nnc(N(CC2CCCN2)C2CC2)c(C#N)c1C. The molecular weight excluding hydrogens is 250 g/mol. The Morgan fingerprint density at radius 2 is 2.10 bits per heavy atom. The fraction of sp³-hybridized carbons (Fsp3) is 0.667. The molecule has 1 saturated carbocycles. The van der Waals surface area contributed by atoms with Gasteiger partial charge in [-0.2, -0.15) is 10.4 Å². The summed E-state index contributed by atoms with van der Waals surface area (Å²) in [7, 11) is 0. The zero-order chi connectivity index (χ0) is 14.1. The summed E-state index contributed by atoms with van der Waals surface area (Å²) in [5.74, 6) is 0.784. The van der Waals surface area contributed by atoms with E-state index in [4.69, 9.17) is 0 Å². The molecule has 0 amide bonds. The van der Waals surface area contributed by atoms with Crippen molar-refractivity contribution in [3.63, 3.8) is 0 Å². The minimum Gasteiger partial charge on any atom is -0.349 e. The van der Waals surface area contributed by atoms with Crippen molar-refractivity contribution in [3.8, 4) is 6.07 Å². The molecular formula is C15H21N5. The van der Waals surface area contributed by atoms with Gasteiger partial charge in [0.2, 0.25) is 0 Å². The second-order valence-electron chi connectivity index (χ2n) is 5.90. The van der Waals surface area contributed by atoms with Crippen molar-refractivity contribution in [2.24, 2.45) is 0 Å². The van der Waals surface area contributed by atoms with Gasteiger partial charge < -0.3 is 10.2 Å². The van der Waals surface area contributed by atoms with Crippen molar-refractivity contribution >= 4 is 5.82 Å². The molecule has 5 heteroatoms. The number of nitrogens with zero attached hydrogens (tertiary/aromatic N) is 4. The molecule has 1 N–H and O–H groups in total. The first kappa shape index (κ1) is 13.3. The van der Waals surface area contributed by atoms with Gasteiger partial charge in [-0.25, -0.2) is 0 Å². The summed E-state index contributed by atoms with van der Waals surface area (Å²) in [6.07, 6.45) is 4.86. The highest BCUT2D eigenvalue weighted by atomic mass is 15.3. The van der Waals surface area contributed by atoms with E-state index in [0.29, 0.717) is 17.6 Å². The number of hydrogen-bond donors (Lipinski definition) is 1. The van der Waals surface area contributed by atoms with Crippen molar-refractivity contribution < 1.29 is 0 Å². The lowest BCUT2D eigenvalue weighted by molar-refractivity contribution is 0.573. The Morgan fingerprint density at radius 1 is 1.30 bits per heavy atom. The standard InChI is InChI=1S/C15H21N5/c1-10-11(2)18-19-15(14(10)8-16)20(13-5-6-13)9-12-4-3-7-17-12/h12-13,17H,3-7,9H2,1-2H3. The van der Waals surface area contributed by atoms with E-state index in [0.717, 1.165) is 30.2 Å². The quantitative estimate of drug-likeness (QED) is 0.902. The molecule has 0 radical (unpaired) electrons. The number of anilines is 1. The van der Waals surface area contributed by atoms with Crippen LogP contribution in [0, 0.1) is 25.2 Å². The van der Waals surface area contributed by atoms with Crippen molar-refractivity contribution in [3.05, 3.63) is 16.8 Å². The molecule has 1 aliphatic carbocycles. The molecule has 1 unspecified atom stereocenters. The smallest absolute Gasteiger partial charge is 0.169 e. The molecule has 3 rings (SSSR count). The van der Waals surface area contributed by atoms with E-state index in [9.17, 15) is 5.26 Å². The maximum absolute atomic E-state index is 9.48. The Labute approximate surface area is 120 Å². The zero-order valence-corrected chi connectivity index (χ0v) is 12.2. The number of nitrogens with one attached hydrogen (secondary N) is 1. The predicted octanol–water partition coefficient (Wildman–Crippen LogP) is 1.69. The van der Waals surface area contributed by atoms with Crippen LogP contribution in [0.3, 0.4) is 0 Å². The minimum atomic E-state index is 0.519. The van der Waals surface area contributed by atoms with Gasteiger partial charge in [-0.1, -0.05) is 0 Å². The number of aryl methyl sites for hydroxylation is 1. The van der Waals surface area contributed by atoms with Crippen molar-refractivity contribution in [1.29, 1.82) is 5.26 Å². The molecule has 1 aliphatic heterocycles. The van der Waals surface area contributed by atoms with Crippen LogP contribution in [0.15, 0.2) is 0 Å². The van der Waals surface area contributed by atoms with Gasteiger partial charge in [0.15, 0.2) is 5.82 Å². The zero-order valence-electron chi connectivity index (χ0n) is 12.2. The highest BCUT2D eigenvalue weighted by Gasteiger charge is 2.34. The van der Waals surface area contributed by atoms with Crippen LogP contribution in [0.2, 0.25) is 0 Å². The molecule has 5 nitrogen and oxygen atoms in total. The van der Waals surface area contributed by atoms with Gasteiger partial charge in [0.1, 0.15) is 11.6 Å². The van der Waals surface area contributed by atoms with E-state index in [2.05, 4.69) is 26.5 Å². The van der Waals surface area contributed by atoms with E-state index in [1.807, 2.05) is 13.8 Å². The van der Waals surface area contributed by atoms with E-state index in [-0.39, 0.29) is 0 Å². The predicted molar refractivity (Wildman–Crippen MR) is 77.6 cm³/mol. The average Bonchev–Trinajstić information content (AvgIpc) is 3.16. The van der Waals surface area contributed by atoms with Gasteiger partial charge in [-0.15, -0.1) is 5.10 Å². The van der Waals surface area contributed by atoms with Crippen molar-refractivity contribution in [2.45, 2.75) is 51.6 Å². The molecule has 106 valence electrons. The Hall–Kier alpha value is -1.67. The molecule has 2 heterocycles. The summed E-state index contributed by atoms with van der Waals surface area (Å²) >= 11 is 0. The molecule has 2 fully saturated rings. The molecule has 0 spiro atoms. The molecule has 1 atom stereocenters. The van der Waals surface area contributed by atoms with Crippen LogP contribution < -0.4 is 10.2 Å². The van der Waals surface area contributed by atoms with Crippen molar-refractivity contribution in [1.82, 2.24) is 15.5 Å². The summed E-state index contributed by atoms with van der Waals surface area (Å²) < 4.78 is 0. The summed E-state index contributed by atoms with van der Waals surface area (Å²) in [6.45, 7) is 5.92. The third kappa shape index (κ3) is 2.48. The van der Waals surface area contributed by atoms with Crippen LogP contribution in [0.4, 0.5) is 5.82 Å². The normalized spacial score (nSPS) is 21.8. The Bertz CT molecular complexity index is 538. The molecule has 2 aliphatic rings. The van der Waals surface area contributed by atoms with Gasteiger partial charge in [-0.3, -0.25) is 0 Å². The first-order valence-corrected chi connectivity index (χ1v) is 7.44. The molecule has 0 bridgehead atoms. The maximum Gasteiger partial charge on any atom is 0.169 e. The van der Waals surface area contributed by atoms with Crippen molar-refractivity contribution in [2.75, 3.05) is 18.0 Å². The van der Waals surface area contributed by atoms with Crippen LogP contribution in [-0.2, 0) is 0 Å². The number of rotatable bonds is 4. The second-order valence-corrected chi connectivity index (χ2v) is 5.90. The molecule has 1 aromatic rings. The average molecular weight is 271 g/mol. The number of nitriles is 1. The second kappa shape index (κ2) is 5.37. The highest BCUT2D eigenvalue weighted by molar-refractivity contribution is 5.58. The molecule has 1 saturated heterocycles. The third-order valence-corrected chi connectivity index (χ3v) is 4.39. The summed E-state index contributed by atoms with van der Waals surface area (Å²) in [4.78, 5) is 2.31. The highest BCUT2D eigenvalue weighted by Crippen LogP contribution is 2.33. The van der Waals surface area contributed by atoms with Crippen LogP contribution in [0.1, 0.15) is 42.5 Å². The van der Waals surface area contributed by atoms with Gasteiger partial charge in [0.25, 0.3) is 0 Å². The Morgan fingerprint density at radius 3 is 2.70 bits per heavy atom. The van der Waals surface area contributed by atoms with Gasteiger partial charge in [0.05, 0.1) is 5.69 Å². The van der Waals surface area contributed by atoms with E-state index < -0.39 is 0 Å². The van der Waals surface area contributed by atoms with Crippen LogP contribution in [0.5, 0.6) is 0 Å². The third-order valence-electron chi connectivity index (χ3n) is 4.39. The molecule has 20 heavy (non-hydrogen) atoms. The fourth-order valence-electron chi connectivity index (χ4n) is 2.88. The van der Waals surface area contributed by atoms with Crippen LogP contribution in [-0.4, -0.2) is 35.4 Å².